The largest absolute Gasteiger partial charge is 0.573 e. The standard InChI is InChI=1S/C19H13F3N2O2/c20-19(21,22)26-17-7-2-1-6-15(17)12-4-3-5-13(10-12)16-11-14(18(23)25)8-9-24-16/h1-11H,(H2,23,25). The van der Waals surface area contributed by atoms with Gasteiger partial charge in [0.2, 0.25) is 5.91 Å². The van der Waals surface area contributed by atoms with Gasteiger partial charge in [-0.2, -0.15) is 0 Å². The summed E-state index contributed by atoms with van der Waals surface area (Å²) in [7, 11) is 0. The van der Waals surface area contributed by atoms with E-state index in [9.17, 15) is 18.0 Å². The molecule has 7 heteroatoms. The Bertz CT molecular complexity index is 955. The molecule has 0 aliphatic heterocycles. The number of hydrogen-bond acceptors (Lipinski definition) is 3. The van der Waals surface area contributed by atoms with E-state index in [1.54, 1.807) is 30.3 Å². The molecule has 0 saturated carbocycles. The summed E-state index contributed by atoms with van der Waals surface area (Å²) in [5.74, 6) is -0.885. The molecule has 3 rings (SSSR count). The van der Waals surface area contributed by atoms with Gasteiger partial charge >= 0.3 is 6.36 Å². The minimum atomic E-state index is -4.79. The van der Waals surface area contributed by atoms with Gasteiger partial charge in [0.25, 0.3) is 0 Å². The van der Waals surface area contributed by atoms with E-state index in [0.29, 0.717) is 22.4 Å². The molecule has 0 aliphatic rings. The number of nitrogens with two attached hydrogens (primary N) is 1. The quantitative estimate of drug-likeness (QED) is 0.751. The summed E-state index contributed by atoms with van der Waals surface area (Å²) in [4.78, 5) is 15.5. The molecule has 0 fully saturated rings. The normalized spacial score (nSPS) is 11.2. The lowest BCUT2D eigenvalue weighted by Crippen LogP contribution is -2.17. The van der Waals surface area contributed by atoms with E-state index in [2.05, 4.69) is 9.72 Å². The van der Waals surface area contributed by atoms with E-state index in [1.807, 2.05) is 0 Å². The van der Waals surface area contributed by atoms with Crippen LogP contribution in [0.25, 0.3) is 22.4 Å². The molecule has 2 aromatic carbocycles. The Labute approximate surface area is 147 Å². The van der Waals surface area contributed by atoms with Crippen molar-refractivity contribution in [1.82, 2.24) is 4.98 Å². The first kappa shape index (κ1) is 17.5. The highest BCUT2D eigenvalue weighted by Crippen LogP contribution is 2.35. The summed E-state index contributed by atoms with van der Waals surface area (Å²) in [6, 6.07) is 15.7. The average Bonchev–Trinajstić information content (AvgIpc) is 2.61. The molecule has 2 N–H and O–H groups in total. The van der Waals surface area contributed by atoms with Crippen LogP contribution in [0.2, 0.25) is 0 Å². The molecule has 0 unspecified atom stereocenters. The molecule has 26 heavy (non-hydrogen) atoms. The molecule has 4 nitrogen and oxygen atoms in total. The molecular weight excluding hydrogens is 345 g/mol. The molecule has 0 bridgehead atoms. The van der Waals surface area contributed by atoms with E-state index in [-0.39, 0.29) is 11.3 Å². The van der Waals surface area contributed by atoms with Crippen molar-refractivity contribution >= 4 is 5.91 Å². The second-order valence-electron chi connectivity index (χ2n) is 5.42. The van der Waals surface area contributed by atoms with Crippen LogP contribution in [0.15, 0.2) is 66.9 Å². The lowest BCUT2D eigenvalue weighted by atomic mass is 10.00. The molecule has 1 heterocycles. The third-order valence-corrected chi connectivity index (χ3v) is 3.63. The van der Waals surface area contributed by atoms with Gasteiger partial charge in [-0.1, -0.05) is 36.4 Å². The van der Waals surface area contributed by atoms with Crippen LogP contribution in [0, 0.1) is 0 Å². The molecule has 0 spiro atoms. The molecule has 0 saturated heterocycles. The number of nitrogens with zero attached hydrogens (tertiary/aromatic N) is 1. The zero-order chi connectivity index (χ0) is 18.7. The Hall–Kier alpha value is -3.35. The summed E-state index contributed by atoms with van der Waals surface area (Å²) in [6.07, 6.45) is -3.34. The third-order valence-electron chi connectivity index (χ3n) is 3.63. The number of aromatic nitrogens is 1. The van der Waals surface area contributed by atoms with Crippen LogP contribution < -0.4 is 10.5 Å². The van der Waals surface area contributed by atoms with Crippen molar-refractivity contribution in [2.45, 2.75) is 6.36 Å². The van der Waals surface area contributed by atoms with Gasteiger partial charge in [-0.3, -0.25) is 9.78 Å². The number of alkyl halides is 3. The third kappa shape index (κ3) is 4.00. The summed E-state index contributed by atoms with van der Waals surface area (Å²) < 4.78 is 42.0. The fraction of sp³-hybridized carbons (Fsp3) is 0.0526. The zero-order valence-electron chi connectivity index (χ0n) is 13.3. The number of carbonyl (C=O) groups is 1. The lowest BCUT2D eigenvalue weighted by molar-refractivity contribution is -0.274. The van der Waals surface area contributed by atoms with Gasteiger partial charge in [-0.05, 0) is 29.8 Å². The Balaban J connectivity index is 2.04. The maximum absolute atomic E-state index is 12.6. The van der Waals surface area contributed by atoms with Crippen molar-refractivity contribution in [3.8, 4) is 28.1 Å². The summed E-state index contributed by atoms with van der Waals surface area (Å²) in [6.45, 7) is 0. The van der Waals surface area contributed by atoms with Crippen molar-refractivity contribution in [2.24, 2.45) is 5.73 Å². The van der Waals surface area contributed by atoms with Crippen molar-refractivity contribution in [3.05, 3.63) is 72.4 Å². The number of halogens is 3. The van der Waals surface area contributed by atoms with Crippen molar-refractivity contribution < 1.29 is 22.7 Å². The molecule has 0 aliphatic carbocycles. The summed E-state index contributed by atoms with van der Waals surface area (Å²) in [5, 5.41) is 0. The predicted molar refractivity (Wildman–Crippen MR) is 90.3 cm³/mol. The zero-order valence-corrected chi connectivity index (χ0v) is 13.3. The van der Waals surface area contributed by atoms with Gasteiger partial charge in [0.15, 0.2) is 0 Å². The highest BCUT2D eigenvalue weighted by Gasteiger charge is 2.32. The Morgan fingerprint density at radius 3 is 2.42 bits per heavy atom. The number of para-hydroxylation sites is 1. The number of hydrogen-bond donors (Lipinski definition) is 1. The Kier molecular flexibility index (Phi) is 4.62. The molecular formula is C19H13F3N2O2. The molecule has 1 aromatic heterocycles. The first-order valence-electron chi connectivity index (χ1n) is 7.55. The highest BCUT2D eigenvalue weighted by atomic mass is 19.4. The van der Waals surface area contributed by atoms with Crippen LogP contribution in [0.4, 0.5) is 13.2 Å². The van der Waals surface area contributed by atoms with Crippen LogP contribution in [0.3, 0.4) is 0 Å². The maximum Gasteiger partial charge on any atom is 0.573 e. The molecule has 3 aromatic rings. The number of carbonyl (C=O) groups excluding carboxylic acids is 1. The van der Waals surface area contributed by atoms with Crippen molar-refractivity contribution in [1.29, 1.82) is 0 Å². The topological polar surface area (TPSA) is 65.2 Å². The number of pyridine rings is 1. The van der Waals surface area contributed by atoms with Gasteiger partial charge in [0.1, 0.15) is 5.75 Å². The van der Waals surface area contributed by atoms with Crippen molar-refractivity contribution in [3.63, 3.8) is 0 Å². The van der Waals surface area contributed by atoms with Gasteiger partial charge in [-0.15, -0.1) is 13.2 Å². The minimum absolute atomic E-state index is 0.290. The van der Waals surface area contributed by atoms with E-state index in [0.717, 1.165) is 0 Å². The van der Waals surface area contributed by atoms with Crippen LogP contribution >= 0.6 is 0 Å². The Morgan fingerprint density at radius 2 is 1.69 bits per heavy atom. The fourth-order valence-corrected chi connectivity index (χ4v) is 2.51. The molecule has 0 atom stereocenters. The van der Waals surface area contributed by atoms with Gasteiger partial charge in [0.05, 0.1) is 5.69 Å². The molecule has 0 radical (unpaired) electrons. The number of benzene rings is 2. The second kappa shape index (κ2) is 6.87. The Morgan fingerprint density at radius 1 is 0.962 bits per heavy atom. The smallest absolute Gasteiger partial charge is 0.405 e. The van der Waals surface area contributed by atoms with Crippen LogP contribution in [-0.4, -0.2) is 17.3 Å². The second-order valence-corrected chi connectivity index (χ2v) is 5.42. The first-order valence-corrected chi connectivity index (χ1v) is 7.55. The minimum Gasteiger partial charge on any atom is -0.405 e. The molecule has 132 valence electrons. The first-order chi connectivity index (χ1) is 12.3. The monoisotopic (exact) mass is 358 g/mol. The van der Waals surface area contributed by atoms with Gasteiger partial charge in [0, 0.05) is 22.9 Å². The fourth-order valence-electron chi connectivity index (χ4n) is 2.51. The van der Waals surface area contributed by atoms with E-state index < -0.39 is 12.3 Å². The van der Waals surface area contributed by atoms with E-state index in [4.69, 9.17) is 5.73 Å². The number of amides is 1. The van der Waals surface area contributed by atoms with Gasteiger partial charge in [-0.25, -0.2) is 0 Å². The maximum atomic E-state index is 12.6. The van der Waals surface area contributed by atoms with Crippen molar-refractivity contribution in [2.75, 3.05) is 0 Å². The van der Waals surface area contributed by atoms with Gasteiger partial charge < -0.3 is 10.5 Å². The molecule has 1 amide bonds. The predicted octanol–water partition coefficient (Wildman–Crippen LogP) is 4.41. The SMILES string of the molecule is NC(=O)c1ccnc(-c2cccc(-c3ccccc3OC(F)(F)F)c2)c1. The number of rotatable bonds is 4. The highest BCUT2D eigenvalue weighted by molar-refractivity contribution is 5.93. The van der Waals surface area contributed by atoms with Crippen LogP contribution in [-0.2, 0) is 0 Å². The summed E-state index contributed by atoms with van der Waals surface area (Å²) >= 11 is 0. The number of primary amides is 1. The van der Waals surface area contributed by atoms with E-state index >= 15 is 0 Å². The van der Waals surface area contributed by atoms with Crippen LogP contribution in [0.5, 0.6) is 5.75 Å². The number of ether oxygens (including phenoxy) is 1. The lowest BCUT2D eigenvalue weighted by Gasteiger charge is -2.14. The van der Waals surface area contributed by atoms with E-state index in [1.165, 1.54) is 36.5 Å². The summed E-state index contributed by atoms with van der Waals surface area (Å²) in [5.41, 5.74) is 7.49. The van der Waals surface area contributed by atoms with Crippen LogP contribution in [0.1, 0.15) is 10.4 Å². The average molecular weight is 358 g/mol.